The second-order valence-electron chi connectivity index (χ2n) is 11.0. The average molecular weight is 576 g/mol. The molecule has 1 fully saturated rings. The predicted octanol–water partition coefficient (Wildman–Crippen LogP) is 7.40. The van der Waals surface area contributed by atoms with E-state index in [9.17, 15) is 9.59 Å². The van der Waals surface area contributed by atoms with Gasteiger partial charge in [-0.2, -0.15) is 5.10 Å². The van der Waals surface area contributed by atoms with Gasteiger partial charge in [-0.25, -0.2) is 4.98 Å². The van der Waals surface area contributed by atoms with Gasteiger partial charge in [0.1, 0.15) is 5.69 Å². The zero-order chi connectivity index (χ0) is 28.6. The average Bonchev–Trinajstić information content (AvgIpc) is 3.75. The molecule has 1 saturated carbocycles. The van der Waals surface area contributed by atoms with Crippen molar-refractivity contribution in [3.63, 3.8) is 0 Å². The summed E-state index contributed by atoms with van der Waals surface area (Å²) in [6, 6.07) is 9.85. The lowest BCUT2D eigenvalue weighted by Gasteiger charge is -2.20. The Balaban J connectivity index is 1.19. The number of anilines is 1. The van der Waals surface area contributed by atoms with E-state index in [0.29, 0.717) is 23.7 Å². The number of nitrogens with one attached hydrogen (secondary N) is 3. The van der Waals surface area contributed by atoms with Crippen molar-refractivity contribution < 1.29 is 9.59 Å². The Morgan fingerprint density at radius 1 is 0.952 bits per heavy atom. The molecule has 6 aromatic heterocycles. The Morgan fingerprint density at radius 3 is 2.62 bits per heavy atom. The molecule has 0 saturated heterocycles. The van der Waals surface area contributed by atoms with Crippen LogP contribution in [-0.4, -0.2) is 41.8 Å². The van der Waals surface area contributed by atoms with E-state index >= 15 is 0 Å². The molecule has 1 aliphatic rings. The molecule has 9 nitrogen and oxygen atoms in total. The van der Waals surface area contributed by atoms with Gasteiger partial charge >= 0.3 is 0 Å². The number of nitrogens with zero attached hydrogens (tertiary/aromatic N) is 4. The molecule has 0 bridgehead atoms. The fourth-order valence-electron chi connectivity index (χ4n) is 5.85. The summed E-state index contributed by atoms with van der Waals surface area (Å²) in [6.07, 6.45) is 15.4. The number of carbonyl (C=O) groups is 2. The summed E-state index contributed by atoms with van der Waals surface area (Å²) in [5.41, 5.74) is 6.47. The van der Waals surface area contributed by atoms with Crippen molar-refractivity contribution in [3.8, 4) is 33.0 Å². The van der Waals surface area contributed by atoms with Crippen LogP contribution in [0.15, 0.2) is 61.3 Å². The number of H-pyrrole nitrogens is 2. The van der Waals surface area contributed by atoms with E-state index in [2.05, 4.69) is 41.5 Å². The molecular formula is C32H29N7O2S. The first-order valence-corrected chi connectivity index (χ1v) is 15.0. The fourth-order valence-corrected chi connectivity index (χ4v) is 6.77. The molecule has 6 heterocycles. The number of amides is 1. The number of pyridine rings is 3. The number of carbonyl (C=O) groups excluding carboxylic acids is 2. The number of ketones is 1. The first-order valence-electron chi connectivity index (χ1n) is 14.2. The zero-order valence-electron chi connectivity index (χ0n) is 23.1. The van der Waals surface area contributed by atoms with Crippen LogP contribution in [0.2, 0.25) is 0 Å². The van der Waals surface area contributed by atoms with Crippen molar-refractivity contribution in [1.29, 1.82) is 0 Å². The molecule has 1 amide bonds. The van der Waals surface area contributed by atoms with Crippen molar-refractivity contribution in [2.24, 2.45) is 5.92 Å². The predicted molar refractivity (Wildman–Crippen MR) is 165 cm³/mol. The van der Waals surface area contributed by atoms with E-state index in [1.54, 1.807) is 31.7 Å². The van der Waals surface area contributed by atoms with Crippen LogP contribution in [0.4, 0.5) is 5.69 Å². The first-order chi connectivity index (χ1) is 20.5. The third kappa shape index (κ3) is 5.09. The molecule has 7 rings (SSSR count). The monoisotopic (exact) mass is 575 g/mol. The van der Waals surface area contributed by atoms with E-state index in [4.69, 9.17) is 0 Å². The van der Waals surface area contributed by atoms with Crippen LogP contribution in [0.5, 0.6) is 0 Å². The highest BCUT2D eigenvalue weighted by molar-refractivity contribution is 7.17. The highest BCUT2D eigenvalue weighted by Crippen LogP contribution is 2.37. The number of fused-ring (bicyclic) bond motifs is 2. The molecule has 3 N–H and O–H groups in total. The summed E-state index contributed by atoms with van der Waals surface area (Å²) in [6.45, 7) is 1.58. The van der Waals surface area contributed by atoms with Crippen LogP contribution < -0.4 is 5.32 Å². The van der Waals surface area contributed by atoms with Gasteiger partial charge in [0, 0.05) is 57.4 Å². The number of hydrogen-bond acceptors (Lipinski definition) is 7. The molecule has 0 aliphatic heterocycles. The maximum atomic E-state index is 12.7. The molecule has 0 spiro atoms. The molecule has 0 atom stereocenters. The smallest absolute Gasteiger partial charge is 0.224 e. The summed E-state index contributed by atoms with van der Waals surface area (Å²) in [5.74, 6) is 0.565. The lowest BCUT2D eigenvalue weighted by Crippen LogP contribution is -2.18. The third-order valence-electron chi connectivity index (χ3n) is 7.99. The number of Topliss-reactive ketones (excluding diaryl/α,β-unsaturated/α-hetero) is 1. The minimum atomic E-state index is 0.0410. The van der Waals surface area contributed by atoms with Crippen molar-refractivity contribution >= 4 is 50.7 Å². The van der Waals surface area contributed by atoms with Gasteiger partial charge < -0.3 is 10.3 Å². The van der Waals surface area contributed by atoms with Crippen LogP contribution in [-0.2, 0) is 4.79 Å². The summed E-state index contributed by atoms with van der Waals surface area (Å²) in [4.78, 5) is 43.2. The normalized spacial score (nSPS) is 14.0. The van der Waals surface area contributed by atoms with E-state index in [-0.39, 0.29) is 11.7 Å². The number of aromatic nitrogens is 6. The van der Waals surface area contributed by atoms with E-state index < -0.39 is 0 Å². The van der Waals surface area contributed by atoms with Crippen LogP contribution in [0, 0.1) is 5.92 Å². The molecule has 0 unspecified atom stereocenters. The van der Waals surface area contributed by atoms with Gasteiger partial charge in [0.2, 0.25) is 5.91 Å². The van der Waals surface area contributed by atoms with Crippen LogP contribution in [0.3, 0.4) is 0 Å². The lowest BCUT2D eigenvalue weighted by atomic mass is 9.87. The van der Waals surface area contributed by atoms with E-state index in [0.717, 1.165) is 67.0 Å². The van der Waals surface area contributed by atoms with Gasteiger partial charge in [0.05, 0.1) is 34.2 Å². The Hall–Kier alpha value is -4.70. The highest BCUT2D eigenvalue weighted by Gasteiger charge is 2.19. The minimum absolute atomic E-state index is 0.0410. The third-order valence-corrected chi connectivity index (χ3v) is 9.21. The summed E-state index contributed by atoms with van der Waals surface area (Å²) in [5, 5.41) is 12.5. The second kappa shape index (κ2) is 10.9. The Bertz CT molecular complexity index is 1950. The molecule has 210 valence electrons. The van der Waals surface area contributed by atoms with Crippen molar-refractivity contribution in [2.45, 2.75) is 45.4 Å². The van der Waals surface area contributed by atoms with E-state index in [1.165, 1.54) is 30.6 Å². The summed E-state index contributed by atoms with van der Waals surface area (Å²) in [7, 11) is 0. The number of rotatable bonds is 7. The number of hydrogen-bond donors (Lipinski definition) is 3. The van der Waals surface area contributed by atoms with Crippen LogP contribution in [0.25, 0.3) is 54.9 Å². The van der Waals surface area contributed by atoms with Crippen LogP contribution in [0.1, 0.15) is 55.1 Å². The van der Waals surface area contributed by atoms with Crippen molar-refractivity contribution in [2.75, 3.05) is 5.32 Å². The van der Waals surface area contributed by atoms with Crippen molar-refractivity contribution in [1.82, 2.24) is 30.1 Å². The first kappa shape index (κ1) is 26.2. The Kier molecular flexibility index (Phi) is 6.83. The van der Waals surface area contributed by atoms with Crippen LogP contribution >= 0.6 is 11.3 Å². The van der Waals surface area contributed by atoms with Crippen molar-refractivity contribution in [3.05, 3.63) is 66.2 Å². The summed E-state index contributed by atoms with van der Waals surface area (Å²) >= 11 is 1.46. The van der Waals surface area contributed by atoms with Gasteiger partial charge in [0.15, 0.2) is 11.4 Å². The highest BCUT2D eigenvalue weighted by atomic mass is 32.1. The second-order valence-corrected chi connectivity index (χ2v) is 12.0. The fraction of sp³-hybridized carbons (Fsp3) is 0.250. The standard InChI is InChI=1S/C32H29N7O2S/c1-18(40)28-7-8-29(42-28)25-16-34-17-27-23(25)12-26(37-27)31-24-11-21(14-35-32(24)39-38-31)20-10-22(15-33-13-20)36-30(41)9-19-5-3-2-4-6-19/h7-8,10-17,19,37H,2-6,9H2,1H3,(H,36,41)(H,35,38,39). The van der Waals surface area contributed by atoms with Gasteiger partial charge in [-0.15, -0.1) is 11.3 Å². The SMILES string of the molecule is CC(=O)c1ccc(-c2cncc3[nH]c(-c4n[nH]c5ncc(-c6cncc(NC(=O)CC7CCCCC7)c6)cc45)cc23)s1. The topological polar surface area (TPSA) is 129 Å². The number of thiophene rings is 1. The van der Waals surface area contributed by atoms with Gasteiger partial charge in [-0.1, -0.05) is 19.3 Å². The van der Waals surface area contributed by atoms with E-state index in [1.807, 2.05) is 30.5 Å². The quantitative estimate of drug-likeness (QED) is 0.170. The molecule has 42 heavy (non-hydrogen) atoms. The Labute approximate surface area is 245 Å². The molecule has 10 heteroatoms. The largest absolute Gasteiger partial charge is 0.352 e. The molecular weight excluding hydrogens is 546 g/mol. The van der Waals surface area contributed by atoms with Gasteiger partial charge in [-0.3, -0.25) is 24.7 Å². The molecule has 0 radical (unpaired) electrons. The van der Waals surface area contributed by atoms with Gasteiger partial charge in [0.25, 0.3) is 0 Å². The number of aromatic amines is 2. The van der Waals surface area contributed by atoms with Gasteiger partial charge in [-0.05, 0) is 56.0 Å². The molecule has 6 aromatic rings. The minimum Gasteiger partial charge on any atom is -0.352 e. The lowest BCUT2D eigenvalue weighted by molar-refractivity contribution is -0.117. The maximum absolute atomic E-state index is 12.7. The molecule has 1 aliphatic carbocycles. The Morgan fingerprint density at radius 2 is 1.79 bits per heavy atom. The molecule has 0 aromatic carbocycles. The maximum Gasteiger partial charge on any atom is 0.224 e. The zero-order valence-corrected chi connectivity index (χ0v) is 23.9. The summed E-state index contributed by atoms with van der Waals surface area (Å²) < 4.78 is 0.